The fourth-order valence-corrected chi connectivity index (χ4v) is 4.63. The van der Waals surface area contributed by atoms with Crippen LogP contribution in [0, 0.1) is 6.92 Å². The first-order valence-electron chi connectivity index (χ1n) is 9.13. The molecule has 2 aliphatic rings. The molecule has 144 valence electrons. The van der Waals surface area contributed by atoms with Gasteiger partial charge in [0.1, 0.15) is 15.5 Å². The van der Waals surface area contributed by atoms with E-state index in [1.54, 1.807) is 11.5 Å². The highest BCUT2D eigenvalue weighted by Crippen LogP contribution is 2.29. The highest BCUT2D eigenvalue weighted by molar-refractivity contribution is 7.20. The number of carbonyl (C=O) groups excluding carboxylic acids is 2. The Morgan fingerprint density at radius 1 is 1.41 bits per heavy atom. The van der Waals surface area contributed by atoms with Gasteiger partial charge in [-0.1, -0.05) is 0 Å². The van der Waals surface area contributed by atoms with Crippen molar-refractivity contribution in [1.29, 1.82) is 0 Å². The molecule has 0 bridgehead atoms. The molecule has 4 rings (SSSR count). The van der Waals surface area contributed by atoms with Crippen molar-refractivity contribution in [2.75, 3.05) is 19.8 Å². The molecule has 0 radical (unpaired) electrons. The number of esters is 1. The zero-order chi connectivity index (χ0) is 19.0. The van der Waals surface area contributed by atoms with Crippen LogP contribution < -0.4 is 10.9 Å². The first-order valence-corrected chi connectivity index (χ1v) is 9.94. The quantitative estimate of drug-likeness (QED) is 0.768. The van der Waals surface area contributed by atoms with Gasteiger partial charge in [-0.3, -0.25) is 14.2 Å². The third-order valence-electron chi connectivity index (χ3n) is 4.98. The standard InChI is InChI=1S/C18H21N3O5S/c1-10-14-16(20-12-5-2-6-21(12)17(14)23)27-15(10)18(24)26-9-13(22)19-8-11-4-3-7-25-11/h11H,2-9H2,1H3,(H,19,22)/t11-/m1/s1. The van der Waals surface area contributed by atoms with Gasteiger partial charge in [-0.15, -0.1) is 11.3 Å². The Hall–Kier alpha value is -2.26. The Balaban J connectivity index is 1.43. The van der Waals surface area contributed by atoms with Gasteiger partial charge < -0.3 is 14.8 Å². The van der Waals surface area contributed by atoms with Gasteiger partial charge in [-0.05, 0) is 31.7 Å². The van der Waals surface area contributed by atoms with Crippen molar-refractivity contribution in [1.82, 2.24) is 14.9 Å². The van der Waals surface area contributed by atoms with Crippen LogP contribution in [-0.2, 0) is 27.2 Å². The van der Waals surface area contributed by atoms with Crippen LogP contribution in [0.3, 0.4) is 0 Å². The highest BCUT2D eigenvalue weighted by atomic mass is 32.1. The monoisotopic (exact) mass is 391 g/mol. The van der Waals surface area contributed by atoms with E-state index in [0.717, 1.165) is 49.5 Å². The average molecular weight is 391 g/mol. The van der Waals surface area contributed by atoms with Crippen LogP contribution in [-0.4, -0.2) is 47.3 Å². The number of ether oxygens (including phenoxy) is 2. The lowest BCUT2D eigenvalue weighted by Gasteiger charge is -2.10. The van der Waals surface area contributed by atoms with E-state index in [0.29, 0.717) is 33.7 Å². The van der Waals surface area contributed by atoms with E-state index in [1.165, 1.54) is 0 Å². The summed E-state index contributed by atoms with van der Waals surface area (Å²) in [7, 11) is 0. The van der Waals surface area contributed by atoms with Crippen molar-refractivity contribution >= 4 is 33.4 Å². The fraction of sp³-hybridized carbons (Fsp3) is 0.556. The minimum atomic E-state index is -0.604. The summed E-state index contributed by atoms with van der Waals surface area (Å²) >= 11 is 1.15. The summed E-state index contributed by atoms with van der Waals surface area (Å²) in [6.45, 7) is 3.17. The predicted octanol–water partition coefficient (Wildman–Crippen LogP) is 1.16. The number of aryl methyl sites for hydroxylation is 2. The summed E-state index contributed by atoms with van der Waals surface area (Å²) in [5.41, 5.74) is 0.467. The summed E-state index contributed by atoms with van der Waals surface area (Å²) < 4.78 is 12.2. The Kier molecular flexibility index (Phi) is 4.96. The fourth-order valence-electron chi connectivity index (χ4n) is 3.55. The molecule has 2 aromatic rings. The number of nitrogens with zero attached hydrogens (tertiary/aromatic N) is 2. The second kappa shape index (κ2) is 7.40. The topological polar surface area (TPSA) is 99.5 Å². The Bertz CT molecular complexity index is 958. The summed E-state index contributed by atoms with van der Waals surface area (Å²) in [5, 5.41) is 3.18. The van der Waals surface area contributed by atoms with Crippen LogP contribution >= 0.6 is 11.3 Å². The van der Waals surface area contributed by atoms with Crippen LogP contribution in [0.15, 0.2) is 4.79 Å². The van der Waals surface area contributed by atoms with E-state index in [1.807, 2.05) is 0 Å². The highest BCUT2D eigenvalue weighted by Gasteiger charge is 2.24. The summed E-state index contributed by atoms with van der Waals surface area (Å²) in [4.78, 5) is 42.4. The number of hydrogen-bond donors (Lipinski definition) is 1. The van der Waals surface area contributed by atoms with E-state index < -0.39 is 5.97 Å². The molecule has 0 spiro atoms. The number of hydrogen-bond acceptors (Lipinski definition) is 7. The molecule has 0 aromatic carbocycles. The third-order valence-corrected chi connectivity index (χ3v) is 6.15. The largest absolute Gasteiger partial charge is 0.451 e. The SMILES string of the molecule is Cc1c(C(=O)OCC(=O)NC[C@H]2CCCO2)sc2nc3n(c(=O)c12)CCC3. The van der Waals surface area contributed by atoms with Crippen molar-refractivity contribution in [2.24, 2.45) is 0 Å². The second-order valence-electron chi connectivity index (χ2n) is 6.84. The van der Waals surface area contributed by atoms with Gasteiger partial charge in [0.25, 0.3) is 11.5 Å². The minimum Gasteiger partial charge on any atom is -0.451 e. The smallest absolute Gasteiger partial charge is 0.349 e. The lowest BCUT2D eigenvalue weighted by Crippen LogP contribution is -2.34. The van der Waals surface area contributed by atoms with Crippen molar-refractivity contribution in [3.05, 3.63) is 26.6 Å². The Labute approximate surface area is 159 Å². The third kappa shape index (κ3) is 3.49. The molecule has 27 heavy (non-hydrogen) atoms. The minimum absolute atomic E-state index is 0.0375. The maximum absolute atomic E-state index is 12.7. The number of thiophene rings is 1. The zero-order valence-corrected chi connectivity index (χ0v) is 15.9. The van der Waals surface area contributed by atoms with E-state index >= 15 is 0 Å². The van der Waals surface area contributed by atoms with Crippen molar-refractivity contribution in [2.45, 2.75) is 45.3 Å². The Morgan fingerprint density at radius 3 is 3.04 bits per heavy atom. The van der Waals surface area contributed by atoms with Crippen molar-refractivity contribution < 1.29 is 19.1 Å². The molecule has 2 aliphatic heterocycles. The molecular weight excluding hydrogens is 370 g/mol. The molecule has 1 saturated heterocycles. The number of fused-ring (bicyclic) bond motifs is 2. The molecule has 1 atom stereocenters. The van der Waals surface area contributed by atoms with Gasteiger partial charge in [0.05, 0.1) is 11.5 Å². The van der Waals surface area contributed by atoms with Crippen LogP contribution in [0.4, 0.5) is 0 Å². The lowest BCUT2D eigenvalue weighted by atomic mass is 10.2. The van der Waals surface area contributed by atoms with Crippen molar-refractivity contribution in [3.8, 4) is 0 Å². The number of nitrogens with one attached hydrogen (secondary N) is 1. The predicted molar refractivity (Wildman–Crippen MR) is 99.2 cm³/mol. The van der Waals surface area contributed by atoms with Crippen molar-refractivity contribution in [3.63, 3.8) is 0 Å². The van der Waals surface area contributed by atoms with Gasteiger partial charge >= 0.3 is 5.97 Å². The van der Waals surface area contributed by atoms with Gasteiger partial charge in [-0.2, -0.15) is 0 Å². The molecule has 0 unspecified atom stereocenters. The lowest BCUT2D eigenvalue weighted by molar-refractivity contribution is -0.124. The van der Waals surface area contributed by atoms with Crippen LogP contribution in [0.25, 0.3) is 10.2 Å². The molecule has 0 aliphatic carbocycles. The molecule has 4 heterocycles. The number of rotatable bonds is 5. The van der Waals surface area contributed by atoms with E-state index in [4.69, 9.17) is 9.47 Å². The molecule has 1 N–H and O–H groups in total. The molecule has 0 saturated carbocycles. The summed E-state index contributed by atoms with van der Waals surface area (Å²) in [5.74, 6) is -0.204. The van der Waals surface area contributed by atoms with E-state index in [2.05, 4.69) is 10.3 Å². The first-order chi connectivity index (χ1) is 13.0. The number of aromatic nitrogens is 2. The van der Waals surface area contributed by atoms with E-state index in [9.17, 15) is 14.4 Å². The number of carbonyl (C=O) groups is 2. The summed E-state index contributed by atoms with van der Waals surface area (Å²) in [6, 6.07) is 0. The van der Waals surface area contributed by atoms with Crippen LogP contribution in [0.5, 0.6) is 0 Å². The van der Waals surface area contributed by atoms with Gasteiger partial charge in [0.15, 0.2) is 6.61 Å². The normalized spacial score (nSPS) is 18.6. The molecular formula is C18H21N3O5S. The molecule has 8 nitrogen and oxygen atoms in total. The maximum Gasteiger partial charge on any atom is 0.349 e. The zero-order valence-electron chi connectivity index (χ0n) is 15.1. The number of amides is 1. The van der Waals surface area contributed by atoms with Gasteiger partial charge in [-0.25, -0.2) is 9.78 Å². The Morgan fingerprint density at radius 2 is 2.26 bits per heavy atom. The second-order valence-corrected chi connectivity index (χ2v) is 7.84. The van der Waals surface area contributed by atoms with Crippen LogP contribution in [0.1, 0.15) is 40.3 Å². The molecule has 9 heteroatoms. The first kappa shape index (κ1) is 18.1. The molecule has 2 aromatic heterocycles. The van der Waals surface area contributed by atoms with Gasteiger partial charge in [0, 0.05) is 26.1 Å². The van der Waals surface area contributed by atoms with Crippen LogP contribution in [0.2, 0.25) is 0 Å². The summed E-state index contributed by atoms with van der Waals surface area (Å²) in [6.07, 6.45) is 3.64. The van der Waals surface area contributed by atoms with E-state index in [-0.39, 0.29) is 24.2 Å². The van der Waals surface area contributed by atoms with Gasteiger partial charge in [0.2, 0.25) is 0 Å². The average Bonchev–Trinajstić information content (AvgIpc) is 3.38. The molecule has 1 amide bonds. The maximum atomic E-state index is 12.7. The molecule has 1 fully saturated rings.